The molecule has 4 aliphatic rings. The van der Waals surface area contributed by atoms with E-state index in [-0.39, 0.29) is 5.41 Å². The summed E-state index contributed by atoms with van der Waals surface area (Å²) in [4.78, 5) is 14.3. The van der Waals surface area contributed by atoms with Crippen molar-refractivity contribution in [3.63, 3.8) is 0 Å². The first-order valence-electron chi connectivity index (χ1n) is 12.7. The molecule has 0 aromatic rings. The molecule has 0 aromatic carbocycles. The highest BCUT2D eigenvalue weighted by molar-refractivity contribution is 5.79. The van der Waals surface area contributed by atoms with Gasteiger partial charge in [-0.05, 0) is 79.4 Å². The zero-order valence-electron chi connectivity index (χ0n) is 20.0. The SMILES string of the molecule is CC(C)CCCC(C)C1CCC2C3CC=C4N(C)C(=O)CC[C@]4(C)C3CC[C@]12C. The van der Waals surface area contributed by atoms with E-state index in [4.69, 9.17) is 0 Å². The number of rotatable bonds is 5. The standard InChI is InChI=1S/C27H45NO/c1-18(2)8-7-9-19(3)21-11-12-22-20-10-13-24-27(5,17-15-25(29)28(24)6)23(20)14-16-26(21,22)4/h13,18-23H,7-12,14-17H2,1-6H3/t19?,20?,21?,22?,23?,26-,27-/m1/s1. The summed E-state index contributed by atoms with van der Waals surface area (Å²) in [5.41, 5.74) is 2.14. The molecule has 5 unspecified atom stereocenters. The number of hydrogen-bond donors (Lipinski definition) is 0. The second kappa shape index (κ2) is 7.72. The van der Waals surface area contributed by atoms with E-state index >= 15 is 0 Å². The Labute approximate surface area is 179 Å². The van der Waals surface area contributed by atoms with Crippen LogP contribution in [0.15, 0.2) is 11.8 Å². The van der Waals surface area contributed by atoms with Gasteiger partial charge in [-0.2, -0.15) is 0 Å². The largest absolute Gasteiger partial charge is 0.319 e. The summed E-state index contributed by atoms with van der Waals surface area (Å²) < 4.78 is 0. The minimum Gasteiger partial charge on any atom is -0.319 e. The third-order valence-electron chi connectivity index (χ3n) is 10.2. The zero-order valence-corrected chi connectivity index (χ0v) is 20.0. The molecule has 0 spiro atoms. The lowest BCUT2D eigenvalue weighted by atomic mass is 9.48. The highest BCUT2D eigenvalue weighted by Crippen LogP contribution is 2.67. The van der Waals surface area contributed by atoms with Crippen molar-refractivity contribution in [3.05, 3.63) is 11.8 Å². The van der Waals surface area contributed by atoms with Crippen molar-refractivity contribution in [2.75, 3.05) is 7.05 Å². The number of piperidine rings is 1. The van der Waals surface area contributed by atoms with Crippen molar-refractivity contribution in [3.8, 4) is 0 Å². The number of likely N-dealkylation sites (tertiary alicyclic amines) is 1. The highest BCUT2D eigenvalue weighted by Gasteiger charge is 2.59. The Hall–Kier alpha value is -0.790. The molecule has 29 heavy (non-hydrogen) atoms. The second-order valence-electron chi connectivity index (χ2n) is 12.1. The van der Waals surface area contributed by atoms with Gasteiger partial charge in [0, 0.05) is 24.6 Å². The first-order chi connectivity index (χ1) is 13.7. The van der Waals surface area contributed by atoms with Gasteiger partial charge in [-0.15, -0.1) is 0 Å². The summed E-state index contributed by atoms with van der Waals surface area (Å²) in [7, 11) is 2.02. The van der Waals surface area contributed by atoms with Gasteiger partial charge in [-0.1, -0.05) is 60.0 Å². The van der Waals surface area contributed by atoms with Crippen LogP contribution in [0.4, 0.5) is 0 Å². The van der Waals surface area contributed by atoms with Crippen LogP contribution in [0.3, 0.4) is 0 Å². The summed E-state index contributed by atoms with van der Waals surface area (Å²) in [5.74, 6) is 5.50. The number of hydrogen-bond acceptors (Lipinski definition) is 1. The van der Waals surface area contributed by atoms with Crippen LogP contribution < -0.4 is 0 Å². The summed E-state index contributed by atoms with van der Waals surface area (Å²) in [6, 6.07) is 0. The number of nitrogens with zero attached hydrogens (tertiary/aromatic N) is 1. The smallest absolute Gasteiger partial charge is 0.226 e. The minimum absolute atomic E-state index is 0.230. The Kier molecular flexibility index (Phi) is 5.71. The third-order valence-corrected chi connectivity index (χ3v) is 10.2. The van der Waals surface area contributed by atoms with E-state index in [0.717, 1.165) is 48.3 Å². The van der Waals surface area contributed by atoms with Crippen molar-refractivity contribution >= 4 is 5.91 Å². The van der Waals surface area contributed by atoms with Crippen molar-refractivity contribution in [1.29, 1.82) is 0 Å². The minimum atomic E-state index is 0.230. The Morgan fingerprint density at radius 2 is 1.83 bits per heavy atom. The number of fused-ring (bicyclic) bond motifs is 5. The Morgan fingerprint density at radius 1 is 1.07 bits per heavy atom. The lowest BCUT2D eigenvalue weighted by Crippen LogP contribution is -2.53. The zero-order chi connectivity index (χ0) is 21.0. The molecule has 0 bridgehead atoms. The Bertz CT molecular complexity index is 665. The molecule has 3 aliphatic carbocycles. The van der Waals surface area contributed by atoms with Gasteiger partial charge < -0.3 is 4.90 Å². The van der Waals surface area contributed by atoms with Crippen LogP contribution in [0.25, 0.3) is 0 Å². The molecule has 3 fully saturated rings. The molecule has 1 heterocycles. The molecule has 2 nitrogen and oxygen atoms in total. The van der Waals surface area contributed by atoms with Gasteiger partial charge in [0.25, 0.3) is 0 Å². The molecule has 2 saturated carbocycles. The van der Waals surface area contributed by atoms with Crippen molar-refractivity contribution in [2.24, 2.45) is 46.3 Å². The summed E-state index contributed by atoms with van der Waals surface area (Å²) in [6.07, 6.45) is 15.4. The predicted octanol–water partition coefficient (Wildman–Crippen LogP) is 7.05. The molecular weight excluding hydrogens is 354 g/mol. The van der Waals surface area contributed by atoms with Crippen molar-refractivity contribution in [2.45, 2.75) is 98.8 Å². The van der Waals surface area contributed by atoms with Crippen molar-refractivity contribution in [1.82, 2.24) is 4.90 Å². The van der Waals surface area contributed by atoms with E-state index in [2.05, 4.69) is 40.7 Å². The lowest BCUT2D eigenvalue weighted by Gasteiger charge is -2.58. The molecule has 0 radical (unpaired) electrons. The number of allylic oxidation sites excluding steroid dienone is 2. The summed E-state index contributed by atoms with van der Waals surface area (Å²) >= 11 is 0. The quantitative estimate of drug-likeness (QED) is 0.485. The topological polar surface area (TPSA) is 20.3 Å². The van der Waals surface area contributed by atoms with E-state index in [9.17, 15) is 4.79 Å². The van der Waals surface area contributed by atoms with Crippen LogP contribution in [-0.4, -0.2) is 17.9 Å². The molecule has 1 saturated heterocycles. The van der Waals surface area contributed by atoms with Gasteiger partial charge in [0.05, 0.1) is 0 Å². The van der Waals surface area contributed by atoms with E-state index < -0.39 is 0 Å². The fourth-order valence-electron chi connectivity index (χ4n) is 8.60. The third kappa shape index (κ3) is 3.41. The monoisotopic (exact) mass is 399 g/mol. The van der Waals surface area contributed by atoms with Gasteiger partial charge in [0.1, 0.15) is 0 Å². The van der Waals surface area contributed by atoms with Gasteiger partial charge in [-0.3, -0.25) is 4.79 Å². The maximum absolute atomic E-state index is 12.3. The van der Waals surface area contributed by atoms with E-state index in [1.54, 1.807) is 0 Å². The normalized spacial score (nSPS) is 42.9. The molecule has 4 rings (SSSR count). The van der Waals surface area contributed by atoms with E-state index in [0.29, 0.717) is 11.3 Å². The average molecular weight is 400 g/mol. The van der Waals surface area contributed by atoms with Crippen LogP contribution >= 0.6 is 0 Å². The van der Waals surface area contributed by atoms with Gasteiger partial charge in [-0.25, -0.2) is 0 Å². The van der Waals surface area contributed by atoms with Crippen LogP contribution in [0.1, 0.15) is 98.8 Å². The van der Waals surface area contributed by atoms with Crippen LogP contribution in [0.5, 0.6) is 0 Å². The van der Waals surface area contributed by atoms with Crippen LogP contribution in [0.2, 0.25) is 0 Å². The first-order valence-corrected chi connectivity index (χ1v) is 12.7. The van der Waals surface area contributed by atoms with Crippen molar-refractivity contribution < 1.29 is 4.79 Å². The Balaban J connectivity index is 1.52. The molecule has 2 heteroatoms. The summed E-state index contributed by atoms with van der Waals surface area (Å²) in [6.45, 7) is 12.4. The van der Waals surface area contributed by atoms with Gasteiger partial charge in [0.2, 0.25) is 5.91 Å². The molecule has 0 N–H and O–H groups in total. The number of carbonyl (C=O) groups is 1. The molecule has 1 aliphatic heterocycles. The maximum Gasteiger partial charge on any atom is 0.226 e. The molecule has 164 valence electrons. The number of amides is 1. The fourth-order valence-corrected chi connectivity index (χ4v) is 8.60. The van der Waals surface area contributed by atoms with E-state index in [1.807, 2.05) is 11.9 Å². The molecule has 7 atom stereocenters. The fraction of sp³-hybridized carbons (Fsp3) is 0.889. The van der Waals surface area contributed by atoms with Crippen LogP contribution in [0, 0.1) is 46.3 Å². The number of carbonyl (C=O) groups excluding carboxylic acids is 1. The second-order valence-corrected chi connectivity index (χ2v) is 12.1. The molecular formula is C27H45NO. The predicted molar refractivity (Wildman–Crippen MR) is 121 cm³/mol. The molecule has 1 amide bonds. The molecule has 0 aromatic heterocycles. The van der Waals surface area contributed by atoms with Crippen LogP contribution in [-0.2, 0) is 4.79 Å². The van der Waals surface area contributed by atoms with Gasteiger partial charge >= 0.3 is 0 Å². The maximum atomic E-state index is 12.3. The Morgan fingerprint density at radius 3 is 2.55 bits per heavy atom. The lowest BCUT2D eigenvalue weighted by molar-refractivity contribution is -0.136. The summed E-state index contributed by atoms with van der Waals surface area (Å²) in [5, 5.41) is 0. The average Bonchev–Trinajstić information content (AvgIpc) is 3.02. The van der Waals surface area contributed by atoms with E-state index in [1.165, 1.54) is 57.1 Å². The first kappa shape index (κ1) is 21.4. The van der Waals surface area contributed by atoms with Gasteiger partial charge in [0.15, 0.2) is 0 Å². The highest BCUT2D eigenvalue weighted by atomic mass is 16.2.